The predicted molar refractivity (Wildman–Crippen MR) is 75.3 cm³/mol. The van der Waals surface area contributed by atoms with Gasteiger partial charge in [-0.05, 0) is 37.1 Å². The first kappa shape index (κ1) is 15.5. The summed E-state index contributed by atoms with van der Waals surface area (Å²) in [5.74, 6) is 0.516. The van der Waals surface area contributed by atoms with Crippen molar-refractivity contribution < 1.29 is 14.3 Å². The van der Waals surface area contributed by atoms with Gasteiger partial charge in [-0.1, -0.05) is 26.0 Å². The van der Waals surface area contributed by atoms with Crippen molar-refractivity contribution in [2.24, 2.45) is 0 Å². The minimum absolute atomic E-state index is 0.256. The highest BCUT2D eigenvalue weighted by Crippen LogP contribution is 2.28. The third-order valence-electron chi connectivity index (χ3n) is 3.32. The Bertz CT molecular complexity index is 402. The van der Waals surface area contributed by atoms with E-state index in [4.69, 9.17) is 9.47 Å². The van der Waals surface area contributed by atoms with Crippen molar-refractivity contribution in [1.82, 2.24) is 5.32 Å². The normalized spacial score (nSPS) is 13.7. The third kappa shape index (κ3) is 3.26. The van der Waals surface area contributed by atoms with Crippen LogP contribution in [0.25, 0.3) is 0 Å². The molecule has 1 aromatic carbocycles. The van der Waals surface area contributed by atoms with Gasteiger partial charge in [0, 0.05) is 0 Å². The van der Waals surface area contributed by atoms with E-state index in [-0.39, 0.29) is 5.97 Å². The zero-order valence-corrected chi connectivity index (χ0v) is 12.2. The first-order valence-corrected chi connectivity index (χ1v) is 6.62. The standard InChI is InChI=1S/C15H23NO3/c1-5-11-16-15(6-2,14(17)19-4)12-7-9-13(18-3)10-8-12/h7-10,16H,5-6,11H2,1-4H3. The molecule has 0 heterocycles. The number of rotatable bonds is 7. The molecule has 0 bridgehead atoms. The molecular weight excluding hydrogens is 242 g/mol. The molecular formula is C15H23NO3. The SMILES string of the molecule is CCCNC(CC)(C(=O)OC)c1ccc(OC)cc1. The molecule has 0 aliphatic carbocycles. The van der Waals surface area contributed by atoms with E-state index in [1.807, 2.05) is 31.2 Å². The van der Waals surface area contributed by atoms with Gasteiger partial charge in [-0.25, -0.2) is 4.79 Å². The highest BCUT2D eigenvalue weighted by atomic mass is 16.5. The molecule has 1 atom stereocenters. The van der Waals surface area contributed by atoms with Crippen molar-refractivity contribution in [2.75, 3.05) is 20.8 Å². The van der Waals surface area contributed by atoms with Gasteiger partial charge in [-0.3, -0.25) is 5.32 Å². The fourth-order valence-corrected chi connectivity index (χ4v) is 2.15. The molecule has 4 nitrogen and oxygen atoms in total. The van der Waals surface area contributed by atoms with Crippen molar-refractivity contribution in [2.45, 2.75) is 32.2 Å². The summed E-state index contributed by atoms with van der Waals surface area (Å²) in [6, 6.07) is 7.52. The maximum Gasteiger partial charge on any atom is 0.330 e. The summed E-state index contributed by atoms with van der Waals surface area (Å²) in [6.07, 6.45) is 1.58. The number of benzene rings is 1. The number of nitrogens with one attached hydrogen (secondary N) is 1. The molecule has 0 spiro atoms. The third-order valence-corrected chi connectivity index (χ3v) is 3.32. The Balaban J connectivity index is 3.15. The summed E-state index contributed by atoms with van der Waals surface area (Å²) < 4.78 is 10.1. The lowest BCUT2D eigenvalue weighted by atomic mass is 9.87. The summed E-state index contributed by atoms with van der Waals surface area (Å²) in [7, 11) is 3.04. The second-order valence-corrected chi connectivity index (χ2v) is 4.41. The zero-order valence-electron chi connectivity index (χ0n) is 12.2. The second kappa shape index (κ2) is 7.14. The van der Waals surface area contributed by atoms with Crippen molar-refractivity contribution in [3.05, 3.63) is 29.8 Å². The number of carbonyl (C=O) groups excluding carboxylic acids is 1. The van der Waals surface area contributed by atoms with E-state index in [1.165, 1.54) is 7.11 Å². The summed E-state index contributed by atoms with van der Waals surface area (Å²) in [4.78, 5) is 12.2. The van der Waals surface area contributed by atoms with E-state index in [2.05, 4.69) is 12.2 Å². The lowest BCUT2D eigenvalue weighted by Crippen LogP contribution is -2.49. The number of esters is 1. The Morgan fingerprint density at radius 1 is 1.21 bits per heavy atom. The molecule has 1 aromatic rings. The van der Waals surface area contributed by atoms with Crippen molar-refractivity contribution in [1.29, 1.82) is 0 Å². The van der Waals surface area contributed by atoms with Gasteiger partial charge in [0.15, 0.2) is 0 Å². The number of hydrogen-bond donors (Lipinski definition) is 1. The van der Waals surface area contributed by atoms with Gasteiger partial charge in [0.2, 0.25) is 0 Å². The van der Waals surface area contributed by atoms with Gasteiger partial charge in [-0.2, -0.15) is 0 Å². The van der Waals surface area contributed by atoms with Crippen LogP contribution in [-0.2, 0) is 15.1 Å². The molecule has 4 heteroatoms. The Morgan fingerprint density at radius 2 is 1.84 bits per heavy atom. The molecule has 1 N–H and O–H groups in total. The molecule has 0 aromatic heterocycles. The van der Waals surface area contributed by atoms with Gasteiger partial charge in [0.25, 0.3) is 0 Å². The van der Waals surface area contributed by atoms with E-state index < -0.39 is 5.54 Å². The van der Waals surface area contributed by atoms with Crippen LogP contribution < -0.4 is 10.1 Å². The zero-order chi connectivity index (χ0) is 14.3. The van der Waals surface area contributed by atoms with E-state index in [9.17, 15) is 4.79 Å². The average Bonchev–Trinajstić information content (AvgIpc) is 2.48. The Labute approximate surface area is 115 Å². The quantitative estimate of drug-likeness (QED) is 0.769. The molecule has 0 saturated carbocycles. The molecule has 0 saturated heterocycles. The van der Waals surface area contributed by atoms with Crippen LogP contribution >= 0.6 is 0 Å². The second-order valence-electron chi connectivity index (χ2n) is 4.41. The van der Waals surface area contributed by atoms with Gasteiger partial charge in [-0.15, -0.1) is 0 Å². The number of carbonyl (C=O) groups is 1. The lowest BCUT2D eigenvalue weighted by Gasteiger charge is -2.31. The lowest BCUT2D eigenvalue weighted by molar-refractivity contribution is -0.149. The van der Waals surface area contributed by atoms with E-state index in [0.29, 0.717) is 6.42 Å². The van der Waals surface area contributed by atoms with Gasteiger partial charge in [0.05, 0.1) is 14.2 Å². The molecule has 0 aliphatic heterocycles. The van der Waals surface area contributed by atoms with Crippen LogP contribution in [-0.4, -0.2) is 26.7 Å². The molecule has 1 rings (SSSR count). The highest BCUT2D eigenvalue weighted by molar-refractivity contribution is 5.82. The fourth-order valence-electron chi connectivity index (χ4n) is 2.15. The minimum atomic E-state index is -0.781. The molecule has 0 fully saturated rings. The Kier molecular flexibility index (Phi) is 5.83. The summed E-state index contributed by atoms with van der Waals surface area (Å²) >= 11 is 0. The monoisotopic (exact) mass is 265 g/mol. The van der Waals surface area contributed by atoms with Crippen LogP contribution in [0.4, 0.5) is 0 Å². The molecule has 19 heavy (non-hydrogen) atoms. The molecule has 0 radical (unpaired) electrons. The highest BCUT2D eigenvalue weighted by Gasteiger charge is 2.39. The molecule has 106 valence electrons. The smallest absolute Gasteiger partial charge is 0.330 e. The summed E-state index contributed by atoms with van der Waals surface area (Å²) in [6.45, 7) is 4.80. The van der Waals surface area contributed by atoms with Crippen LogP contribution in [0.15, 0.2) is 24.3 Å². The van der Waals surface area contributed by atoms with E-state index >= 15 is 0 Å². The minimum Gasteiger partial charge on any atom is -0.497 e. The van der Waals surface area contributed by atoms with Crippen LogP contribution in [0.1, 0.15) is 32.3 Å². The maximum absolute atomic E-state index is 12.2. The topological polar surface area (TPSA) is 47.6 Å². The van der Waals surface area contributed by atoms with Crippen molar-refractivity contribution in [3.8, 4) is 5.75 Å². The van der Waals surface area contributed by atoms with Gasteiger partial charge >= 0.3 is 5.97 Å². The first-order chi connectivity index (χ1) is 9.14. The van der Waals surface area contributed by atoms with Crippen LogP contribution in [0.5, 0.6) is 5.75 Å². The van der Waals surface area contributed by atoms with Crippen molar-refractivity contribution >= 4 is 5.97 Å². The van der Waals surface area contributed by atoms with E-state index in [0.717, 1.165) is 24.3 Å². The summed E-state index contributed by atoms with van der Waals surface area (Å²) in [5.41, 5.74) is 0.118. The number of hydrogen-bond acceptors (Lipinski definition) is 4. The van der Waals surface area contributed by atoms with E-state index in [1.54, 1.807) is 7.11 Å². The number of ether oxygens (including phenoxy) is 2. The Hall–Kier alpha value is -1.55. The maximum atomic E-state index is 12.2. The van der Waals surface area contributed by atoms with Crippen molar-refractivity contribution in [3.63, 3.8) is 0 Å². The largest absolute Gasteiger partial charge is 0.497 e. The van der Waals surface area contributed by atoms with Crippen LogP contribution in [0.3, 0.4) is 0 Å². The number of methoxy groups -OCH3 is 2. The van der Waals surface area contributed by atoms with Gasteiger partial charge in [0.1, 0.15) is 11.3 Å². The van der Waals surface area contributed by atoms with Crippen LogP contribution in [0.2, 0.25) is 0 Å². The molecule has 0 aliphatic rings. The predicted octanol–water partition coefficient (Wildman–Crippen LogP) is 2.47. The fraction of sp³-hybridized carbons (Fsp3) is 0.533. The van der Waals surface area contributed by atoms with Gasteiger partial charge < -0.3 is 9.47 Å². The molecule has 1 unspecified atom stereocenters. The summed E-state index contributed by atoms with van der Waals surface area (Å²) in [5, 5.41) is 3.32. The average molecular weight is 265 g/mol. The Morgan fingerprint density at radius 3 is 2.26 bits per heavy atom. The first-order valence-electron chi connectivity index (χ1n) is 6.62. The molecule has 0 amide bonds. The van der Waals surface area contributed by atoms with Crippen LogP contribution in [0, 0.1) is 0 Å².